The highest BCUT2D eigenvalue weighted by Crippen LogP contribution is 2.23. The van der Waals surface area contributed by atoms with Gasteiger partial charge in [-0.2, -0.15) is 11.8 Å². The summed E-state index contributed by atoms with van der Waals surface area (Å²) in [5.41, 5.74) is 2.78. The predicted octanol–water partition coefficient (Wildman–Crippen LogP) is 3.13. The molecular weight excluding hydrogens is 178 g/mol. The molecule has 0 aromatic heterocycles. The lowest BCUT2D eigenvalue weighted by Crippen LogP contribution is -2.02. The van der Waals surface area contributed by atoms with Crippen molar-refractivity contribution in [3.8, 4) is 0 Å². The van der Waals surface area contributed by atoms with Crippen molar-refractivity contribution < 1.29 is 0 Å². The van der Waals surface area contributed by atoms with Crippen LogP contribution in [0.15, 0.2) is 24.3 Å². The van der Waals surface area contributed by atoms with E-state index in [4.69, 9.17) is 0 Å². The quantitative estimate of drug-likeness (QED) is 0.679. The first-order valence-corrected chi connectivity index (χ1v) is 6.02. The molecule has 70 valence electrons. The van der Waals surface area contributed by atoms with Crippen molar-refractivity contribution in [2.24, 2.45) is 0 Å². The van der Waals surface area contributed by atoms with Gasteiger partial charge < -0.3 is 5.32 Å². The predicted molar refractivity (Wildman–Crippen MR) is 60.3 cm³/mol. The Morgan fingerprint density at radius 3 is 3.08 bits per heavy atom. The van der Waals surface area contributed by atoms with Gasteiger partial charge in [-0.1, -0.05) is 18.2 Å². The summed E-state index contributed by atoms with van der Waals surface area (Å²) < 4.78 is 0. The standard InChI is InChI=1S/C11H15NS/c1-2-6-11-10(5-1)9-13-8-4-3-7-12-11/h1-2,5-6,12H,3-4,7-9H2. The number of hydrogen-bond acceptors (Lipinski definition) is 2. The average Bonchev–Trinajstić information content (AvgIpc) is 2.28. The highest BCUT2D eigenvalue weighted by Gasteiger charge is 2.03. The summed E-state index contributed by atoms with van der Waals surface area (Å²) in [5, 5.41) is 3.49. The van der Waals surface area contributed by atoms with E-state index in [1.807, 2.05) is 11.8 Å². The molecule has 13 heavy (non-hydrogen) atoms. The first-order valence-electron chi connectivity index (χ1n) is 4.86. The molecule has 2 rings (SSSR count). The largest absolute Gasteiger partial charge is 0.385 e. The summed E-state index contributed by atoms with van der Waals surface area (Å²) in [5.74, 6) is 2.46. The van der Waals surface area contributed by atoms with Crippen LogP contribution in [0.2, 0.25) is 0 Å². The summed E-state index contributed by atoms with van der Waals surface area (Å²) in [4.78, 5) is 0. The fourth-order valence-electron chi connectivity index (χ4n) is 1.55. The van der Waals surface area contributed by atoms with Crippen molar-refractivity contribution in [3.63, 3.8) is 0 Å². The Balaban J connectivity index is 2.17. The maximum atomic E-state index is 3.49. The van der Waals surface area contributed by atoms with E-state index in [9.17, 15) is 0 Å². The Labute approximate surface area is 83.9 Å². The van der Waals surface area contributed by atoms with Gasteiger partial charge in [-0.05, 0) is 30.2 Å². The number of hydrogen-bond donors (Lipinski definition) is 1. The lowest BCUT2D eigenvalue weighted by atomic mass is 10.2. The lowest BCUT2D eigenvalue weighted by molar-refractivity contribution is 0.844. The highest BCUT2D eigenvalue weighted by atomic mass is 32.2. The van der Waals surface area contributed by atoms with Crippen molar-refractivity contribution in [1.29, 1.82) is 0 Å². The molecule has 1 N–H and O–H groups in total. The van der Waals surface area contributed by atoms with Crippen LogP contribution in [0.4, 0.5) is 5.69 Å². The Morgan fingerprint density at radius 2 is 2.08 bits per heavy atom. The lowest BCUT2D eigenvalue weighted by Gasteiger charge is -2.08. The van der Waals surface area contributed by atoms with E-state index in [-0.39, 0.29) is 0 Å². The van der Waals surface area contributed by atoms with Crippen LogP contribution in [0.1, 0.15) is 18.4 Å². The molecule has 0 amide bonds. The molecule has 1 heterocycles. The number of benzene rings is 1. The van der Waals surface area contributed by atoms with Crippen LogP contribution < -0.4 is 5.32 Å². The van der Waals surface area contributed by atoms with Crippen molar-refractivity contribution in [2.75, 3.05) is 17.6 Å². The van der Waals surface area contributed by atoms with Gasteiger partial charge in [0.1, 0.15) is 0 Å². The molecule has 0 bridgehead atoms. The van der Waals surface area contributed by atoms with E-state index in [2.05, 4.69) is 29.6 Å². The van der Waals surface area contributed by atoms with E-state index < -0.39 is 0 Å². The highest BCUT2D eigenvalue weighted by molar-refractivity contribution is 7.98. The second kappa shape index (κ2) is 4.56. The van der Waals surface area contributed by atoms with Crippen LogP contribution in [0.25, 0.3) is 0 Å². The normalized spacial score (nSPS) is 17.5. The minimum absolute atomic E-state index is 1.12. The van der Waals surface area contributed by atoms with E-state index in [0.29, 0.717) is 0 Å². The zero-order valence-electron chi connectivity index (χ0n) is 7.75. The SMILES string of the molecule is c1ccc2c(c1)CSCCCCN2. The van der Waals surface area contributed by atoms with Gasteiger partial charge in [-0.3, -0.25) is 0 Å². The van der Waals surface area contributed by atoms with Crippen LogP contribution in [-0.2, 0) is 5.75 Å². The molecule has 0 saturated heterocycles. The van der Waals surface area contributed by atoms with Crippen LogP contribution >= 0.6 is 11.8 Å². The number of rotatable bonds is 0. The first-order chi connectivity index (χ1) is 6.47. The van der Waals surface area contributed by atoms with Crippen LogP contribution in [-0.4, -0.2) is 12.3 Å². The number of fused-ring (bicyclic) bond motifs is 1. The van der Waals surface area contributed by atoms with Gasteiger partial charge in [0, 0.05) is 18.0 Å². The van der Waals surface area contributed by atoms with Gasteiger partial charge in [-0.15, -0.1) is 0 Å². The van der Waals surface area contributed by atoms with E-state index in [1.165, 1.54) is 29.8 Å². The Hall–Kier alpha value is -0.630. The average molecular weight is 193 g/mol. The Kier molecular flexibility index (Phi) is 3.14. The van der Waals surface area contributed by atoms with Crippen LogP contribution in [0, 0.1) is 0 Å². The third kappa shape index (κ3) is 2.41. The fourth-order valence-corrected chi connectivity index (χ4v) is 2.58. The van der Waals surface area contributed by atoms with Gasteiger partial charge in [0.15, 0.2) is 0 Å². The van der Waals surface area contributed by atoms with Gasteiger partial charge in [0.2, 0.25) is 0 Å². The van der Waals surface area contributed by atoms with Gasteiger partial charge in [-0.25, -0.2) is 0 Å². The molecule has 1 aromatic carbocycles. The zero-order valence-corrected chi connectivity index (χ0v) is 8.57. The number of nitrogens with one attached hydrogen (secondary N) is 1. The minimum Gasteiger partial charge on any atom is -0.385 e. The third-order valence-electron chi connectivity index (χ3n) is 2.31. The molecule has 0 saturated carbocycles. The maximum Gasteiger partial charge on any atom is 0.0381 e. The Morgan fingerprint density at radius 1 is 1.15 bits per heavy atom. The number of thioether (sulfide) groups is 1. The summed E-state index contributed by atoms with van der Waals surface area (Å²) in [6, 6.07) is 8.63. The van der Waals surface area contributed by atoms with E-state index in [1.54, 1.807) is 0 Å². The van der Waals surface area contributed by atoms with Gasteiger partial charge in [0.05, 0.1) is 0 Å². The molecule has 1 aliphatic rings. The second-order valence-electron chi connectivity index (χ2n) is 3.34. The van der Waals surface area contributed by atoms with Crippen molar-refractivity contribution in [1.82, 2.24) is 0 Å². The molecule has 0 fully saturated rings. The molecule has 0 aliphatic carbocycles. The van der Waals surface area contributed by atoms with Crippen LogP contribution in [0.5, 0.6) is 0 Å². The smallest absolute Gasteiger partial charge is 0.0381 e. The van der Waals surface area contributed by atoms with Crippen LogP contribution in [0.3, 0.4) is 0 Å². The molecule has 0 atom stereocenters. The molecule has 0 spiro atoms. The summed E-state index contributed by atoms with van der Waals surface area (Å²) in [7, 11) is 0. The number of anilines is 1. The zero-order chi connectivity index (χ0) is 8.93. The molecule has 1 nitrogen and oxygen atoms in total. The molecule has 0 unspecified atom stereocenters. The molecule has 1 aromatic rings. The second-order valence-corrected chi connectivity index (χ2v) is 4.45. The number of para-hydroxylation sites is 1. The summed E-state index contributed by atoms with van der Waals surface area (Å²) in [6.45, 7) is 1.12. The van der Waals surface area contributed by atoms with Crippen molar-refractivity contribution in [2.45, 2.75) is 18.6 Å². The fraction of sp³-hybridized carbons (Fsp3) is 0.455. The van der Waals surface area contributed by atoms with Crippen molar-refractivity contribution in [3.05, 3.63) is 29.8 Å². The topological polar surface area (TPSA) is 12.0 Å². The minimum atomic E-state index is 1.12. The van der Waals surface area contributed by atoms with E-state index >= 15 is 0 Å². The van der Waals surface area contributed by atoms with Gasteiger partial charge >= 0.3 is 0 Å². The monoisotopic (exact) mass is 193 g/mol. The Bertz CT molecular complexity index is 246. The third-order valence-corrected chi connectivity index (χ3v) is 3.40. The van der Waals surface area contributed by atoms with Gasteiger partial charge in [0.25, 0.3) is 0 Å². The molecule has 2 heteroatoms. The molecular formula is C11H15NS. The first kappa shape index (κ1) is 8.95. The van der Waals surface area contributed by atoms with Crippen molar-refractivity contribution >= 4 is 17.4 Å². The maximum absolute atomic E-state index is 3.49. The molecule has 0 radical (unpaired) electrons. The van der Waals surface area contributed by atoms with E-state index in [0.717, 1.165) is 12.3 Å². The molecule has 1 aliphatic heterocycles. The summed E-state index contributed by atoms with van der Waals surface area (Å²) >= 11 is 2.05. The summed E-state index contributed by atoms with van der Waals surface area (Å²) in [6.07, 6.45) is 2.63.